The van der Waals surface area contributed by atoms with Crippen LogP contribution in [0.1, 0.15) is 73.1 Å². The van der Waals surface area contributed by atoms with Gasteiger partial charge in [0, 0.05) is 6.42 Å². The average molecular weight is 308 g/mol. The molecule has 0 atom stereocenters. The minimum absolute atomic E-state index is 0.00268. The Labute approximate surface area is 130 Å². The Hall–Kier alpha value is -2.04. The molecule has 0 spiro atoms. The fourth-order valence-electron chi connectivity index (χ4n) is 2.16. The third-order valence-electron chi connectivity index (χ3n) is 3.40. The molecule has 5 heteroatoms. The number of carboxylic acid groups (broad SMARTS) is 1. The summed E-state index contributed by atoms with van der Waals surface area (Å²) in [5, 5.41) is 19.2. The van der Waals surface area contributed by atoms with Crippen molar-refractivity contribution in [2.45, 2.75) is 52.4 Å². The van der Waals surface area contributed by atoms with Gasteiger partial charge in [0.25, 0.3) is 0 Å². The van der Waals surface area contributed by atoms with E-state index in [0.717, 1.165) is 25.7 Å². The number of rotatable bonds is 10. The minimum Gasteiger partial charge on any atom is -0.504 e. The van der Waals surface area contributed by atoms with E-state index in [4.69, 9.17) is 4.74 Å². The number of phenols is 1. The van der Waals surface area contributed by atoms with Crippen molar-refractivity contribution in [2.75, 3.05) is 6.61 Å². The Morgan fingerprint density at radius 3 is 2.36 bits per heavy atom. The van der Waals surface area contributed by atoms with Gasteiger partial charge in [0.05, 0.1) is 17.7 Å². The van der Waals surface area contributed by atoms with Crippen LogP contribution in [0, 0.1) is 0 Å². The molecule has 0 fully saturated rings. The second-order valence-corrected chi connectivity index (χ2v) is 5.22. The van der Waals surface area contributed by atoms with E-state index in [9.17, 15) is 19.8 Å². The largest absolute Gasteiger partial charge is 0.504 e. The van der Waals surface area contributed by atoms with Crippen molar-refractivity contribution in [3.8, 4) is 11.5 Å². The van der Waals surface area contributed by atoms with Gasteiger partial charge < -0.3 is 14.9 Å². The van der Waals surface area contributed by atoms with Crippen LogP contribution in [0.15, 0.2) is 12.1 Å². The molecule has 0 aliphatic rings. The highest BCUT2D eigenvalue weighted by Crippen LogP contribution is 2.34. The molecule has 1 rings (SSSR count). The van der Waals surface area contributed by atoms with E-state index in [1.165, 1.54) is 12.1 Å². The third kappa shape index (κ3) is 4.76. The van der Waals surface area contributed by atoms with E-state index in [2.05, 4.69) is 6.92 Å². The Morgan fingerprint density at radius 1 is 1.09 bits per heavy atom. The van der Waals surface area contributed by atoms with Gasteiger partial charge in [0.1, 0.15) is 0 Å². The van der Waals surface area contributed by atoms with Crippen molar-refractivity contribution in [1.82, 2.24) is 0 Å². The van der Waals surface area contributed by atoms with Gasteiger partial charge in [-0.15, -0.1) is 0 Å². The SMILES string of the molecule is CCCCCOc1c(O)ccc(C(=O)O)c1C(=O)CCCC. The molecule has 5 nitrogen and oxygen atoms in total. The number of hydrogen-bond acceptors (Lipinski definition) is 4. The van der Waals surface area contributed by atoms with Crippen molar-refractivity contribution in [2.24, 2.45) is 0 Å². The molecule has 0 radical (unpaired) electrons. The van der Waals surface area contributed by atoms with Gasteiger partial charge in [0.2, 0.25) is 0 Å². The lowest BCUT2D eigenvalue weighted by Gasteiger charge is -2.14. The van der Waals surface area contributed by atoms with Crippen LogP contribution in [0.4, 0.5) is 0 Å². The zero-order chi connectivity index (χ0) is 16.5. The monoisotopic (exact) mass is 308 g/mol. The summed E-state index contributed by atoms with van der Waals surface area (Å²) in [7, 11) is 0. The zero-order valence-electron chi connectivity index (χ0n) is 13.2. The topological polar surface area (TPSA) is 83.8 Å². The van der Waals surface area contributed by atoms with E-state index in [-0.39, 0.29) is 34.8 Å². The van der Waals surface area contributed by atoms with Crippen molar-refractivity contribution < 1.29 is 24.5 Å². The number of aromatic hydroxyl groups is 1. The van der Waals surface area contributed by atoms with Crippen LogP contribution < -0.4 is 4.74 Å². The molecule has 0 heterocycles. The quantitative estimate of drug-likeness (QED) is 0.503. The van der Waals surface area contributed by atoms with Gasteiger partial charge in [-0.2, -0.15) is 0 Å². The number of carbonyl (C=O) groups is 2. The maximum atomic E-state index is 12.3. The third-order valence-corrected chi connectivity index (χ3v) is 3.40. The van der Waals surface area contributed by atoms with Crippen molar-refractivity contribution in [1.29, 1.82) is 0 Å². The molecule has 2 N–H and O–H groups in total. The number of benzene rings is 1. The first kappa shape index (κ1) is 18.0. The summed E-state index contributed by atoms with van der Waals surface area (Å²) >= 11 is 0. The maximum absolute atomic E-state index is 12.3. The van der Waals surface area contributed by atoms with Crippen LogP contribution in [-0.2, 0) is 0 Å². The van der Waals surface area contributed by atoms with Crippen LogP contribution >= 0.6 is 0 Å². The first-order chi connectivity index (χ1) is 10.5. The number of carboxylic acids is 1. The molecule has 0 saturated heterocycles. The van der Waals surface area contributed by atoms with Crippen molar-refractivity contribution in [3.05, 3.63) is 23.3 Å². The first-order valence-corrected chi connectivity index (χ1v) is 7.78. The summed E-state index contributed by atoms with van der Waals surface area (Å²) < 4.78 is 5.53. The smallest absolute Gasteiger partial charge is 0.336 e. The Bertz CT molecular complexity index is 522. The van der Waals surface area contributed by atoms with Crippen LogP contribution in [0.5, 0.6) is 11.5 Å². The van der Waals surface area contributed by atoms with Crippen LogP contribution in [0.3, 0.4) is 0 Å². The molecule has 0 bridgehead atoms. The number of hydrogen-bond donors (Lipinski definition) is 2. The van der Waals surface area contributed by atoms with E-state index < -0.39 is 5.97 Å². The van der Waals surface area contributed by atoms with Gasteiger partial charge in [-0.05, 0) is 25.0 Å². The molecule has 0 amide bonds. The second-order valence-electron chi connectivity index (χ2n) is 5.22. The molecular weight excluding hydrogens is 284 g/mol. The van der Waals surface area contributed by atoms with E-state index in [1.807, 2.05) is 6.92 Å². The van der Waals surface area contributed by atoms with Crippen LogP contribution in [0.2, 0.25) is 0 Å². The highest BCUT2D eigenvalue weighted by molar-refractivity contribution is 6.08. The van der Waals surface area contributed by atoms with Crippen molar-refractivity contribution >= 4 is 11.8 Å². The molecule has 22 heavy (non-hydrogen) atoms. The molecule has 0 aromatic heterocycles. The summed E-state index contributed by atoms with van der Waals surface area (Å²) in [5.41, 5.74) is -0.137. The Kier molecular flexibility index (Phi) is 7.43. The molecular formula is C17H24O5. The molecule has 1 aromatic rings. The summed E-state index contributed by atoms with van der Waals surface area (Å²) in [5.74, 6) is -1.70. The molecule has 0 saturated carbocycles. The minimum atomic E-state index is -1.20. The average Bonchev–Trinajstić information content (AvgIpc) is 2.49. The van der Waals surface area contributed by atoms with Gasteiger partial charge in [0.15, 0.2) is 17.3 Å². The lowest BCUT2D eigenvalue weighted by atomic mass is 9.98. The summed E-state index contributed by atoms with van der Waals surface area (Å²) in [6.07, 6.45) is 4.52. The Morgan fingerprint density at radius 2 is 1.77 bits per heavy atom. The van der Waals surface area contributed by atoms with E-state index in [1.54, 1.807) is 0 Å². The lowest BCUT2D eigenvalue weighted by Crippen LogP contribution is -2.12. The number of Topliss-reactive ketones (excluding diaryl/α,β-unsaturated/α-hetero) is 1. The highest BCUT2D eigenvalue weighted by Gasteiger charge is 2.24. The molecule has 0 aliphatic heterocycles. The lowest BCUT2D eigenvalue weighted by molar-refractivity contribution is 0.0690. The van der Waals surface area contributed by atoms with Crippen LogP contribution in [0.25, 0.3) is 0 Å². The normalized spacial score (nSPS) is 10.5. The summed E-state index contributed by atoms with van der Waals surface area (Å²) in [6.45, 7) is 4.36. The van der Waals surface area contributed by atoms with Gasteiger partial charge in [-0.25, -0.2) is 4.79 Å². The number of unbranched alkanes of at least 4 members (excludes halogenated alkanes) is 3. The predicted molar refractivity (Wildman–Crippen MR) is 83.9 cm³/mol. The number of ketones is 1. The number of ether oxygens (including phenoxy) is 1. The zero-order valence-corrected chi connectivity index (χ0v) is 13.2. The van der Waals surface area contributed by atoms with E-state index >= 15 is 0 Å². The Balaban J connectivity index is 3.12. The number of carbonyl (C=O) groups excluding carboxylic acids is 1. The number of aromatic carboxylic acids is 1. The number of phenolic OH excluding ortho intramolecular Hbond substituents is 1. The predicted octanol–water partition coefficient (Wildman–Crippen LogP) is 4.03. The standard InChI is InChI=1S/C17H24O5/c1-3-5-7-11-22-16-14(19)10-9-12(17(20)21)15(16)13(18)8-6-4-2/h9-10,19H,3-8,11H2,1-2H3,(H,20,21). The van der Waals surface area contributed by atoms with Gasteiger partial charge >= 0.3 is 5.97 Å². The van der Waals surface area contributed by atoms with Gasteiger partial charge in [-0.3, -0.25) is 4.79 Å². The molecule has 122 valence electrons. The summed E-state index contributed by atoms with van der Waals surface area (Å²) in [4.78, 5) is 23.7. The fourth-order valence-corrected chi connectivity index (χ4v) is 2.16. The van der Waals surface area contributed by atoms with E-state index in [0.29, 0.717) is 13.0 Å². The second kappa shape index (κ2) is 9.07. The van der Waals surface area contributed by atoms with Gasteiger partial charge in [-0.1, -0.05) is 33.1 Å². The molecule has 0 aliphatic carbocycles. The van der Waals surface area contributed by atoms with Crippen molar-refractivity contribution in [3.63, 3.8) is 0 Å². The summed E-state index contributed by atoms with van der Waals surface area (Å²) in [6, 6.07) is 2.50. The van der Waals surface area contributed by atoms with Crippen LogP contribution in [-0.4, -0.2) is 28.6 Å². The fraction of sp³-hybridized carbons (Fsp3) is 0.529. The first-order valence-electron chi connectivity index (χ1n) is 7.78. The highest BCUT2D eigenvalue weighted by atomic mass is 16.5. The molecule has 0 unspecified atom stereocenters. The molecule has 1 aromatic carbocycles. The maximum Gasteiger partial charge on any atom is 0.336 e.